The fraction of sp³-hybridized carbons (Fsp3) is 0.136. The van der Waals surface area contributed by atoms with Crippen LogP contribution in [0.5, 0.6) is 5.75 Å². The predicted molar refractivity (Wildman–Crippen MR) is 127 cm³/mol. The zero-order chi connectivity index (χ0) is 24.0. The van der Waals surface area contributed by atoms with Crippen molar-refractivity contribution in [3.63, 3.8) is 0 Å². The van der Waals surface area contributed by atoms with Crippen molar-refractivity contribution in [1.29, 1.82) is 0 Å². The largest absolute Gasteiger partial charge is 0.497 e. The molecular formula is C22H21N3O6S2. The Hall–Kier alpha value is -3.57. The van der Waals surface area contributed by atoms with Gasteiger partial charge in [-0.2, -0.15) is 0 Å². The molecular weight excluding hydrogens is 466 g/mol. The minimum atomic E-state index is -3.89. The van der Waals surface area contributed by atoms with Crippen LogP contribution in [0.2, 0.25) is 0 Å². The fourth-order valence-corrected chi connectivity index (χ4v) is 4.88. The number of thioether (sulfide) groups is 1. The first-order valence-electron chi connectivity index (χ1n) is 9.62. The number of non-ortho nitro benzene ring substituents is 1. The van der Waals surface area contributed by atoms with E-state index in [0.717, 1.165) is 0 Å². The van der Waals surface area contributed by atoms with Crippen LogP contribution < -0.4 is 14.8 Å². The van der Waals surface area contributed by atoms with Crippen LogP contribution in [-0.4, -0.2) is 32.1 Å². The number of rotatable bonds is 9. The number of ether oxygens (including phenoxy) is 1. The number of hydrogen-bond donors (Lipinski definition) is 2. The maximum atomic E-state index is 12.9. The quantitative estimate of drug-likeness (QED) is 0.259. The van der Waals surface area contributed by atoms with Gasteiger partial charge in [0.2, 0.25) is 5.91 Å². The van der Waals surface area contributed by atoms with E-state index in [1.165, 1.54) is 37.1 Å². The zero-order valence-corrected chi connectivity index (χ0v) is 19.4. The van der Waals surface area contributed by atoms with Crippen molar-refractivity contribution in [1.82, 2.24) is 0 Å². The molecule has 0 radical (unpaired) electrons. The Bertz CT molecular complexity index is 1260. The van der Waals surface area contributed by atoms with Crippen molar-refractivity contribution in [2.45, 2.75) is 16.7 Å². The summed E-state index contributed by atoms with van der Waals surface area (Å²) in [6, 6.07) is 17.0. The summed E-state index contributed by atoms with van der Waals surface area (Å²) in [6.45, 7) is 1.67. The van der Waals surface area contributed by atoms with Crippen molar-refractivity contribution in [2.24, 2.45) is 0 Å². The maximum absolute atomic E-state index is 12.9. The van der Waals surface area contributed by atoms with Gasteiger partial charge in [0.05, 0.1) is 22.7 Å². The molecule has 0 bridgehead atoms. The number of nitrogens with one attached hydrogen (secondary N) is 2. The van der Waals surface area contributed by atoms with Gasteiger partial charge in [-0.15, -0.1) is 11.8 Å². The Morgan fingerprint density at radius 1 is 1.03 bits per heavy atom. The number of aryl methyl sites for hydroxylation is 1. The molecule has 0 atom stereocenters. The van der Waals surface area contributed by atoms with Crippen molar-refractivity contribution in [3.05, 3.63) is 82.4 Å². The van der Waals surface area contributed by atoms with E-state index in [1.807, 2.05) is 0 Å². The number of hydrogen-bond acceptors (Lipinski definition) is 7. The van der Waals surface area contributed by atoms with E-state index in [2.05, 4.69) is 10.0 Å². The first-order chi connectivity index (χ1) is 15.7. The minimum absolute atomic E-state index is 0.0274. The molecule has 1 amide bonds. The number of nitrogens with zero attached hydrogens (tertiary/aromatic N) is 1. The van der Waals surface area contributed by atoms with Crippen LogP contribution in [0.15, 0.2) is 76.5 Å². The van der Waals surface area contributed by atoms with Gasteiger partial charge in [0.1, 0.15) is 5.75 Å². The topological polar surface area (TPSA) is 128 Å². The molecule has 0 aliphatic carbocycles. The minimum Gasteiger partial charge on any atom is -0.497 e. The van der Waals surface area contributed by atoms with Crippen molar-refractivity contribution in [2.75, 3.05) is 22.9 Å². The molecule has 0 fully saturated rings. The molecule has 0 saturated carbocycles. The second-order valence-corrected chi connectivity index (χ2v) is 9.60. The predicted octanol–water partition coefficient (Wildman–Crippen LogP) is 4.44. The van der Waals surface area contributed by atoms with Crippen molar-refractivity contribution < 1.29 is 22.9 Å². The number of methoxy groups -OCH3 is 1. The molecule has 0 unspecified atom stereocenters. The second-order valence-electron chi connectivity index (χ2n) is 6.90. The van der Waals surface area contributed by atoms with Crippen LogP contribution in [0.3, 0.4) is 0 Å². The summed E-state index contributed by atoms with van der Waals surface area (Å²) in [5, 5.41) is 13.4. The number of carbonyl (C=O) groups excluding carboxylic acids is 1. The number of amides is 1. The monoisotopic (exact) mass is 487 g/mol. The summed E-state index contributed by atoms with van der Waals surface area (Å²) >= 11 is 1.21. The van der Waals surface area contributed by atoms with Crippen LogP contribution in [0.4, 0.5) is 17.1 Å². The number of nitro benzene ring substituents is 1. The third-order valence-electron chi connectivity index (χ3n) is 4.52. The third kappa shape index (κ3) is 6.46. The van der Waals surface area contributed by atoms with Gasteiger partial charge in [0.25, 0.3) is 15.7 Å². The SMILES string of the molecule is COc1ccc(NS(=O)(=O)c2cc(NC(=O)CSc3ccc([N+](=O)[O-])cc3)ccc2C)cc1. The maximum Gasteiger partial charge on any atom is 0.269 e. The Morgan fingerprint density at radius 2 is 1.67 bits per heavy atom. The summed E-state index contributed by atoms with van der Waals surface area (Å²) in [5.74, 6) is 0.316. The second kappa shape index (κ2) is 10.4. The number of carbonyl (C=O) groups is 1. The molecule has 0 aliphatic heterocycles. The van der Waals surface area contributed by atoms with Gasteiger partial charge >= 0.3 is 0 Å². The number of sulfonamides is 1. The highest BCUT2D eigenvalue weighted by Gasteiger charge is 2.18. The van der Waals surface area contributed by atoms with E-state index in [-0.39, 0.29) is 22.2 Å². The molecule has 3 rings (SSSR count). The molecule has 11 heteroatoms. The lowest BCUT2D eigenvalue weighted by Gasteiger charge is -2.13. The highest BCUT2D eigenvalue weighted by Crippen LogP contribution is 2.25. The average Bonchev–Trinajstić information content (AvgIpc) is 2.79. The number of nitro groups is 1. The molecule has 0 spiro atoms. The Balaban J connectivity index is 1.67. The highest BCUT2D eigenvalue weighted by molar-refractivity contribution is 8.00. The van der Waals surface area contributed by atoms with Gasteiger partial charge in [-0.3, -0.25) is 19.6 Å². The summed E-state index contributed by atoms with van der Waals surface area (Å²) < 4.78 is 33.4. The van der Waals surface area contributed by atoms with Crippen LogP contribution in [0, 0.1) is 17.0 Å². The molecule has 0 heterocycles. The Kier molecular flexibility index (Phi) is 7.56. The van der Waals surface area contributed by atoms with Crippen LogP contribution >= 0.6 is 11.8 Å². The number of anilines is 2. The van der Waals surface area contributed by atoms with Gasteiger partial charge in [0.15, 0.2) is 0 Å². The van der Waals surface area contributed by atoms with Gasteiger partial charge in [-0.1, -0.05) is 6.07 Å². The molecule has 3 aromatic carbocycles. The molecule has 33 heavy (non-hydrogen) atoms. The van der Waals surface area contributed by atoms with E-state index in [1.54, 1.807) is 55.5 Å². The van der Waals surface area contributed by atoms with E-state index >= 15 is 0 Å². The third-order valence-corrected chi connectivity index (χ3v) is 7.06. The Morgan fingerprint density at radius 3 is 2.27 bits per heavy atom. The first-order valence-corrected chi connectivity index (χ1v) is 12.1. The smallest absolute Gasteiger partial charge is 0.269 e. The normalized spacial score (nSPS) is 11.0. The van der Waals surface area contributed by atoms with E-state index in [9.17, 15) is 23.3 Å². The van der Waals surface area contributed by atoms with Crippen LogP contribution in [0.1, 0.15) is 5.56 Å². The lowest BCUT2D eigenvalue weighted by atomic mass is 10.2. The summed E-state index contributed by atoms with van der Waals surface area (Å²) in [5.41, 5.74) is 1.21. The summed E-state index contributed by atoms with van der Waals surface area (Å²) in [6.07, 6.45) is 0. The van der Waals surface area contributed by atoms with Crippen LogP contribution in [0.25, 0.3) is 0 Å². The lowest BCUT2D eigenvalue weighted by Crippen LogP contribution is -2.17. The standard InChI is InChI=1S/C22H21N3O6S2/c1-15-3-4-17(23-22(26)14-32-20-11-7-18(8-12-20)25(27)28)13-21(15)33(29,30)24-16-5-9-19(31-2)10-6-16/h3-13,24H,14H2,1-2H3,(H,23,26). The van der Waals surface area contributed by atoms with Gasteiger partial charge < -0.3 is 10.1 Å². The van der Waals surface area contributed by atoms with E-state index in [0.29, 0.717) is 27.6 Å². The molecule has 0 aliphatic rings. The van der Waals surface area contributed by atoms with Crippen molar-refractivity contribution >= 4 is 44.8 Å². The fourth-order valence-electron chi connectivity index (χ4n) is 2.85. The number of benzene rings is 3. The van der Waals surface area contributed by atoms with E-state index in [4.69, 9.17) is 4.74 Å². The average molecular weight is 488 g/mol. The van der Waals surface area contributed by atoms with Gasteiger partial charge in [0, 0.05) is 28.4 Å². The van der Waals surface area contributed by atoms with Crippen molar-refractivity contribution in [3.8, 4) is 5.75 Å². The molecule has 9 nitrogen and oxygen atoms in total. The zero-order valence-electron chi connectivity index (χ0n) is 17.8. The summed E-state index contributed by atoms with van der Waals surface area (Å²) in [4.78, 5) is 23.3. The Labute approximate surface area is 195 Å². The van der Waals surface area contributed by atoms with Gasteiger partial charge in [-0.05, 0) is 61.0 Å². The molecule has 0 aromatic heterocycles. The van der Waals surface area contributed by atoms with E-state index < -0.39 is 14.9 Å². The van der Waals surface area contributed by atoms with Crippen LogP contribution in [-0.2, 0) is 14.8 Å². The van der Waals surface area contributed by atoms with Gasteiger partial charge in [-0.25, -0.2) is 8.42 Å². The first kappa shape index (κ1) is 24.1. The molecule has 2 N–H and O–H groups in total. The molecule has 0 saturated heterocycles. The summed E-state index contributed by atoms with van der Waals surface area (Å²) in [7, 11) is -2.37. The molecule has 172 valence electrons. The lowest BCUT2D eigenvalue weighted by molar-refractivity contribution is -0.384. The molecule has 3 aromatic rings. The highest BCUT2D eigenvalue weighted by atomic mass is 32.2.